The van der Waals surface area contributed by atoms with Crippen LogP contribution < -0.4 is 22.3 Å². The summed E-state index contributed by atoms with van der Waals surface area (Å²) >= 11 is 0. The molecule has 0 spiro atoms. The number of amides is 1. The van der Waals surface area contributed by atoms with Crippen molar-refractivity contribution in [2.24, 2.45) is 0 Å². The molecular weight excluding hydrogens is 314 g/mol. The lowest BCUT2D eigenvalue weighted by Crippen LogP contribution is -2.41. The molecule has 9 heteroatoms. The summed E-state index contributed by atoms with van der Waals surface area (Å²) in [4.78, 5) is 51.5. The Morgan fingerprint density at radius 3 is 2.58 bits per heavy atom. The van der Waals surface area contributed by atoms with Crippen molar-refractivity contribution in [1.29, 1.82) is 0 Å². The number of hydrogen-bond acceptors (Lipinski definition) is 6. The highest BCUT2D eigenvalue weighted by molar-refractivity contribution is 6.01. The van der Waals surface area contributed by atoms with E-state index >= 15 is 0 Å². The van der Waals surface area contributed by atoms with Gasteiger partial charge in [-0.15, -0.1) is 0 Å². The van der Waals surface area contributed by atoms with Gasteiger partial charge in [-0.25, -0.2) is 4.79 Å². The van der Waals surface area contributed by atoms with Gasteiger partial charge >= 0.3 is 5.69 Å². The molecule has 1 heterocycles. The summed E-state index contributed by atoms with van der Waals surface area (Å²) in [7, 11) is 1.60. The van der Waals surface area contributed by atoms with Gasteiger partial charge < -0.3 is 11.1 Å². The maximum atomic E-state index is 12.4. The minimum Gasteiger partial charge on any atom is -0.384 e. The molecule has 1 saturated carbocycles. The number of carbonyl (C=O) groups is 2. The number of likely N-dealkylation sites (N-methyl/N-ethyl adjacent to an activating group) is 1. The SMILES string of the molecule is CCCNC(=O)CN(C)CC(=O)c1c(N)n(C2CC2)c(=O)[nH]c1=O. The largest absolute Gasteiger partial charge is 0.384 e. The van der Waals surface area contributed by atoms with Crippen LogP contribution in [0, 0.1) is 0 Å². The fourth-order valence-corrected chi connectivity index (χ4v) is 2.48. The topological polar surface area (TPSA) is 130 Å². The number of Topliss-reactive ketones (excluding diaryl/α,β-unsaturated/α-hetero) is 1. The van der Waals surface area contributed by atoms with E-state index in [-0.39, 0.29) is 36.4 Å². The fourth-order valence-electron chi connectivity index (χ4n) is 2.48. The van der Waals surface area contributed by atoms with Gasteiger partial charge in [0.05, 0.1) is 13.1 Å². The maximum absolute atomic E-state index is 12.4. The lowest BCUT2D eigenvalue weighted by molar-refractivity contribution is -0.121. The average molecular weight is 337 g/mol. The molecule has 1 fully saturated rings. The minimum atomic E-state index is -0.789. The van der Waals surface area contributed by atoms with Gasteiger partial charge in [-0.2, -0.15) is 0 Å². The van der Waals surface area contributed by atoms with Gasteiger partial charge in [-0.1, -0.05) is 6.92 Å². The van der Waals surface area contributed by atoms with Crippen LogP contribution in [0.15, 0.2) is 9.59 Å². The molecule has 1 aliphatic rings. The molecule has 0 atom stereocenters. The summed E-state index contributed by atoms with van der Waals surface area (Å²) in [5.74, 6) is -0.814. The summed E-state index contributed by atoms with van der Waals surface area (Å²) in [6.45, 7) is 2.40. The highest BCUT2D eigenvalue weighted by Crippen LogP contribution is 2.35. The Bertz CT molecular complexity index is 747. The number of hydrogen-bond donors (Lipinski definition) is 3. The normalized spacial score (nSPS) is 14.0. The Morgan fingerprint density at radius 2 is 2.00 bits per heavy atom. The van der Waals surface area contributed by atoms with Crippen molar-refractivity contribution < 1.29 is 9.59 Å². The van der Waals surface area contributed by atoms with Crippen LogP contribution in [-0.2, 0) is 4.79 Å². The lowest BCUT2D eigenvalue weighted by atomic mass is 10.2. The summed E-state index contributed by atoms with van der Waals surface area (Å²) in [5.41, 5.74) is 4.29. The number of aromatic nitrogens is 2. The molecule has 0 bridgehead atoms. The third-order valence-electron chi connectivity index (χ3n) is 3.77. The van der Waals surface area contributed by atoms with Crippen LogP contribution in [-0.4, -0.2) is 52.8 Å². The summed E-state index contributed by atoms with van der Waals surface area (Å²) in [6.07, 6.45) is 2.41. The van der Waals surface area contributed by atoms with Crippen molar-refractivity contribution in [1.82, 2.24) is 19.8 Å². The molecule has 2 rings (SSSR count). The third kappa shape index (κ3) is 4.10. The highest BCUT2D eigenvalue weighted by atomic mass is 16.2. The standard InChI is InChI=1S/C15H23N5O4/c1-3-6-17-11(22)8-19(2)7-10(21)12-13(16)20(9-4-5-9)15(24)18-14(12)23/h9H,3-8,16H2,1-2H3,(H,17,22)(H,18,23,24). The summed E-state index contributed by atoms with van der Waals surface area (Å²) < 4.78 is 1.27. The van der Waals surface area contributed by atoms with E-state index in [4.69, 9.17) is 5.73 Å². The van der Waals surface area contributed by atoms with Crippen LogP contribution in [0.5, 0.6) is 0 Å². The van der Waals surface area contributed by atoms with Crippen molar-refractivity contribution >= 4 is 17.5 Å². The second kappa shape index (κ2) is 7.43. The molecule has 1 aromatic heterocycles. The molecule has 0 radical (unpaired) electrons. The number of nitrogen functional groups attached to an aromatic ring is 1. The van der Waals surface area contributed by atoms with Crippen molar-refractivity contribution in [2.45, 2.75) is 32.2 Å². The van der Waals surface area contributed by atoms with Crippen LogP contribution >= 0.6 is 0 Å². The predicted octanol–water partition coefficient (Wildman–Crippen LogP) is -0.906. The van der Waals surface area contributed by atoms with Crippen molar-refractivity contribution in [2.75, 3.05) is 32.4 Å². The first-order valence-corrected chi connectivity index (χ1v) is 7.97. The number of H-pyrrole nitrogens is 1. The molecule has 1 aromatic rings. The van der Waals surface area contributed by atoms with Crippen molar-refractivity contribution in [3.05, 3.63) is 26.4 Å². The van der Waals surface area contributed by atoms with Gasteiger partial charge in [0.15, 0.2) is 5.78 Å². The number of aromatic amines is 1. The zero-order chi connectivity index (χ0) is 17.9. The van der Waals surface area contributed by atoms with Crippen molar-refractivity contribution in [3.63, 3.8) is 0 Å². The molecule has 1 amide bonds. The predicted molar refractivity (Wildman–Crippen MR) is 89.1 cm³/mol. The first kappa shape index (κ1) is 17.9. The number of nitrogens with one attached hydrogen (secondary N) is 2. The monoisotopic (exact) mass is 337 g/mol. The molecule has 0 aromatic carbocycles. The molecule has 0 aliphatic heterocycles. The quantitative estimate of drug-likeness (QED) is 0.527. The maximum Gasteiger partial charge on any atom is 0.330 e. The van der Waals surface area contributed by atoms with Gasteiger partial charge in [0.1, 0.15) is 11.4 Å². The van der Waals surface area contributed by atoms with E-state index in [1.54, 1.807) is 7.05 Å². The Balaban J connectivity index is 2.12. The highest BCUT2D eigenvalue weighted by Gasteiger charge is 2.30. The summed E-state index contributed by atoms with van der Waals surface area (Å²) in [5, 5.41) is 2.71. The number of carbonyl (C=O) groups excluding carboxylic acids is 2. The second-order valence-corrected chi connectivity index (χ2v) is 6.07. The van der Waals surface area contributed by atoms with E-state index < -0.39 is 17.0 Å². The molecule has 132 valence electrons. The number of anilines is 1. The van der Waals surface area contributed by atoms with Crippen LogP contribution in [0.1, 0.15) is 42.6 Å². The first-order valence-electron chi connectivity index (χ1n) is 7.97. The van der Waals surface area contributed by atoms with Gasteiger partial charge in [0.2, 0.25) is 5.91 Å². The molecule has 0 saturated heterocycles. The molecule has 1 aliphatic carbocycles. The minimum absolute atomic E-state index is 0.0335. The average Bonchev–Trinajstić information content (AvgIpc) is 3.28. The molecule has 4 N–H and O–H groups in total. The van der Waals surface area contributed by atoms with Gasteiger partial charge in [-0.05, 0) is 26.3 Å². The molecule has 0 unspecified atom stereocenters. The van der Waals surface area contributed by atoms with Gasteiger partial charge in [-0.3, -0.25) is 28.8 Å². The third-order valence-corrected chi connectivity index (χ3v) is 3.77. The fraction of sp³-hybridized carbons (Fsp3) is 0.600. The lowest BCUT2D eigenvalue weighted by Gasteiger charge is -2.16. The number of nitrogens with two attached hydrogens (primary N) is 1. The van der Waals surface area contributed by atoms with E-state index in [1.165, 1.54) is 9.47 Å². The van der Waals surface area contributed by atoms with Gasteiger partial charge in [0.25, 0.3) is 5.56 Å². The van der Waals surface area contributed by atoms with Crippen LogP contribution in [0.3, 0.4) is 0 Å². The van der Waals surface area contributed by atoms with E-state index in [0.717, 1.165) is 19.3 Å². The zero-order valence-corrected chi connectivity index (χ0v) is 13.9. The van der Waals surface area contributed by atoms with E-state index in [1.807, 2.05) is 6.92 Å². The van der Waals surface area contributed by atoms with E-state index in [9.17, 15) is 19.2 Å². The van der Waals surface area contributed by atoms with Crippen molar-refractivity contribution in [3.8, 4) is 0 Å². The molecular formula is C15H23N5O4. The van der Waals surface area contributed by atoms with E-state index in [2.05, 4.69) is 10.3 Å². The number of nitrogens with zero attached hydrogens (tertiary/aromatic N) is 2. The second-order valence-electron chi connectivity index (χ2n) is 6.07. The van der Waals surface area contributed by atoms with Gasteiger partial charge in [0, 0.05) is 12.6 Å². The van der Waals surface area contributed by atoms with Crippen LogP contribution in [0.2, 0.25) is 0 Å². The van der Waals surface area contributed by atoms with Crippen LogP contribution in [0.4, 0.5) is 5.82 Å². The van der Waals surface area contributed by atoms with Crippen LogP contribution in [0.25, 0.3) is 0 Å². The zero-order valence-electron chi connectivity index (χ0n) is 13.9. The van der Waals surface area contributed by atoms with E-state index in [0.29, 0.717) is 6.54 Å². The smallest absolute Gasteiger partial charge is 0.330 e. The Hall–Kier alpha value is -2.42. The first-order chi connectivity index (χ1) is 11.3. The molecule has 9 nitrogen and oxygen atoms in total. The summed E-state index contributed by atoms with van der Waals surface area (Å²) in [6, 6.07) is -0.0570. The Kier molecular flexibility index (Phi) is 5.55. The molecule has 24 heavy (non-hydrogen) atoms. The Morgan fingerprint density at radius 1 is 1.33 bits per heavy atom. The Labute approximate surface area is 138 Å². The number of ketones is 1. The number of rotatable bonds is 8.